The van der Waals surface area contributed by atoms with Crippen molar-refractivity contribution >= 4 is 55.0 Å². The lowest BCUT2D eigenvalue weighted by Crippen LogP contribution is -2.53. The summed E-state index contributed by atoms with van der Waals surface area (Å²) in [5.41, 5.74) is 0.767. The van der Waals surface area contributed by atoms with Crippen LogP contribution in [0, 0.1) is 0 Å². The van der Waals surface area contributed by atoms with Gasteiger partial charge in [0.25, 0.3) is 0 Å². The summed E-state index contributed by atoms with van der Waals surface area (Å²) < 4.78 is 0. The number of unbranched alkanes of at least 4 members (excludes halogenated alkanes) is 2. The van der Waals surface area contributed by atoms with E-state index in [9.17, 15) is 38.4 Å². The molecule has 0 saturated carbocycles. The van der Waals surface area contributed by atoms with E-state index in [0.717, 1.165) is 5.56 Å². The molecule has 252 valence electrons. The highest BCUT2D eigenvalue weighted by atomic mass is 16.2. The number of piperidine rings is 1. The second-order valence-corrected chi connectivity index (χ2v) is 11.5. The second-order valence-electron chi connectivity index (χ2n) is 11.5. The summed E-state index contributed by atoms with van der Waals surface area (Å²) >= 11 is 0. The Morgan fingerprint density at radius 2 is 1.38 bits per heavy atom. The summed E-state index contributed by atoms with van der Waals surface area (Å²) in [5, 5.41) is 12.8. The molecule has 2 radical (unpaired) electrons. The molecule has 2 aliphatic heterocycles. The van der Waals surface area contributed by atoms with Crippen molar-refractivity contribution in [3.8, 4) is 0 Å². The average Bonchev–Trinajstić information content (AvgIpc) is 3.38. The van der Waals surface area contributed by atoms with Gasteiger partial charge in [0.1, 0.15) is 6.04 Å². The van der Waals surface area contributed by atoms with Gasteiger partial charge in [0.05, 0.1) is 19.6 Å². The maximum atomic E-state index is 13.0. The zero-order valence-corrected chi connectivity index (χ0v) is 26.4. The van der Waals surface area contributed by atoms with Crippen molar-refractivity contribution in [2.75, 3.05) is 39.3 Å². The number of nitrogens with zero attached hydrogens (tertiary/aromatic N) is 2. The minimum Gasteiger partial charge on any atom is -0.352 e. The molecule has 1 aromatic carbocycles. The van der Waals surface area contributed by atoms with Gasteiger partial charge >= 0.3 is 0 Å². The highest BCUT2D eigenvalue weighted by Crippen LogP contribution is 2.13. The van der Waals surface area contributed by atoms with Crippen molar-refractivity contribution in [3.05, 3.63) is 35.9 Å². The normalized spacial score (nSPS) is 15.5. The molecule has 2 aliphatic rings. The molecule has 0 spiro atoms. The molecule has 2 fully saturated rings. The van der Waals surface area contributed by atoms with Gasteiger partial charge in [-0.1, -0.05) is 36.8 Å². The van der Waals surface area contributed by atoms with Crippen LogP contribution in [0.3, 0.4) is 0 Å². The summed E-state index contributed by atoms with van der Waals surface area (Å²) in [4.78, 5) is 99.7. The lowest BCUT2D eigenvalue weighted by molar-refractivity contribution is -0.138. The van der Waals surface area contributed by atoms with Crippen LogP contribution in [0.2, 0.25) is 0 Å². The Balaban J connectivity index is 1.35. The average molecular weight is 652 g/mol. The van der Waals surface area contributed by atoms with E-state index in [2.05, 4.69) is 26.6 Å². The molecule has 1 aromatic rings. The van der Waals surface area contributed by atoms with Gasteiger partial charge in [0, 0.05) is 51.4 Å². The molecule has 0 aliphatic carbocycles. The topological polar surface area (TPSA) is 203 Å². The molecule has 0 bridgehead atoms. The van der Waals surface area contributed by atoms with Gasteiger partial charge < -0.3 is 31.5 Å². The van der Waals surface area contributed by atoms with Gasteiger partial charge in [-0.15, -0.1) is 0 Å². The van der Waals surface area contributed by atoms with Gasteiger partial charge in [-0.2, -0.15) is 0 Å². The van der Waals surface area contributed by atoms with Crippen molar-refractivity contribution in [3.63, 3.8) is 0 Å². The smallest absolute Gasteiger partial charge is 0.243 e. The van der Waals surface area contributed by atoms with Crippen LogP contribution >= 0.6 is 0 Å². The molecular weight excluding hydrogens is 609 g/mol. The summed E-state index contributed by atoms with van der Waals surface area (Å²) in [6.07, 6.45) is 3.63. The number of carbonyl (C=O) groups excluding carboxylic acids is 8. The van der Waals surface area contributed by atoms with E-state index in [4.69, 9.17) is 7.85 Å². The predicted molar refractivity (Wildman–Crippen MR) is 169 cm³/mol. The first kappa shape index (κ1) is 36.7. The molecule has 3 rings (SSSR count). The Morgan fingerprint density at radius 1 is 0.766 bits per heavy atom. The summed E-state index contributed by atoms with van der Waals surface area (Å²) in [5.74, 6) is -3.42. The number of amides is 8. The van der Waals surface area contributed by atoms with Crippen LogP contribution in [-0.2, 0) is 40.0 Å². The largest absolute Gasteiger partial charge is 0.352 e. The van der Waals surface area contributed by atoms with Crippen LogP contribution in [0.5, 0.6) is 0 Å². The fourth-order valence-corrected chi connectivity index (χ4v) is 5.23. The summed E-state index contributed by atoms with van der Waals surface area (Å²) in [6.45, 7) is 0.0988. The number of benzene rings is 1. The van der Waals surface area contributed by atoms with E-state index in [0.29, 0.717) is 51.7 Å². The molecule has 2 heterocycles. The highest BCUT2D eigenvalue weighted by Gasteiger charge is 2.28. The minimum absolute atomic E-state index is 0.139. The second kappa shape index (κ2) is 19.0. The molecule has 5 N–H and O–H groups in total. The van der Waals surface area contributed by atoms with Crippen LogP contribution in [0.1, 0.15) is 56.9 Å². The zero-order valence-electron chi connectivity index (χ0n) is 26.4. The van der Waals surface area contributed by atoms with Crippen molar-refractivity contribution in [2.24, 2.45) is 0 Å². The van der Waals surface area contributed by atoms with Crippen LogP contribution in [0.4, 0.5) is 4.79 Å². The molecule has 15 nitrogen and oxygen atoms in total. The highest BCUT2D eigenvalue weighted by molar-refractivity contribution is 6.56. The third-order valence-corrected chi connectivity index (χ3v) is 7.86. The van der Waals surface area contributed by atoms with Crippen molar-refractivity contribution < 1.29 is 38.4 Å². The van der Waals surface area contributed by atoms with Crippen LogP contribution in [0.25, 0.3) is 0 Å². The Kier molecular flexibility index (Phi) is 14.9. The molecule has 1 atom stereocenters. The Hall–Kier alpha value is -4.76. The van der Waals surface area contributed by atoms with Gasteiger partial charge in [-0.05, 0) is 31.2 Å². The van der Waals surface area contributed by atoms with E-state index in [1.165, 1.54) is 9.80 Å². The molecule has 16 heteroatoms. The maximum Gasteiger partial charge on any atom is 0.243 e. The van der Waals surface area contributed by atoms with Gasteiger partial charge in [0.2, 0.25) is 49.2 Å². The molecular formula is C31H42BN7O8. The first-order valence-corrected chi connectivity index (χ1v) is 15.8. The molecule has 2 saturated heterocycles. The summed E-state index contributed by atoms with van der Waals surface area (Å²) in [7, 11) is 5.28. The van der Waals surface area contributed by atoms with Crippen LogP contribution < -0.4 is 26.6 Å². The Morgan fingerprint density at radius 3 is 2.04 bits per heavy atom. The third-order valence-electron chi connectivity index (χ3n) is 7.86. The van der Waals surface area contributed by atoms with Crippen molar-refractivity contribution in [1.29, 1.82) is 0 Å². The zero-order chi connectivity index (χ0) is 34.2. The number of nitrogens with one attached hydrogen (secondary N) is 5. The quantitative estimate of drug-likeness (QED) is 0.0772. The van der Waals surface area contributed by atoms with E-state index < -0.39 is 42.0 Å². The first-order valence-electron chi connectivity index (χ1n) is 15.8. The summed E-state index contributed by atoms with van der Waals surface area (Å²) in [6, 6.07) is 7.78. The SMILES string of the molecule is [B]C(=O)N1CCC(NC(=O)CNC(=O)[C@H](Cc2ccccc2)NC(=O)CNC(=O)CNC(=O)CCCCCN2C(=O)CCC2=O)CC1. The maximum absolute atomic E-state index is 13.0. The Bertz CT molecular complexity index is 1290. The number of hydrogen-bond donors (Lipinski definition) is 5. The molecule has 8 amide bonds. The van der Waals surface area contributed by atoms with Crippen molar-refractivity contribution in [1.82, 2.24) is 36.4 Å². The lowest BCUT2D eigenvalue weighted by atomic mass is 10.0. The Labute approximate surface area is 274 Å². The van der Waals surface area contributed by atoms with Gasteiger partial charge in [-0.3, -0.25) is 43.3 Å². The monoisotopic (exact) mass is 651 g/mol. The van der Waals surface area contributed by atoms with Crippen molar-refractivity contribution in [2.45, 2.75) is 69.9 Å². The van der Waals surface area contributed by atoms with E-state index in [1.54, 1.807) is 24.3 Å². The number of hydrogen-bond acceptors (Lipinski definition) is 8. The number of imide groups is 1. The fourth-order valence-electron chi connectivity index (χ4n) is 5.23. The van der Waals surface area contributed by atoms with E-state index in [-0.39, 0.29) is 62.5 Å². The molecule has 47 heavy (non-hydrogen) atoms. The number of likely N-dealkylation sites (tertiary alicyclic amines) is 2. The fraction of sp³-hybridized carbons (Fsp3) is 0.548. The van der Waals surface area contributed by atoms with Crippen LogP contribution in [0.15, 0.2) is 30.3 Å². The molecule has 0 aromatic heterocycles. The predicted octanol–water partition coefficient (Wildman–Crippen LogP) is -1.36. The van der Waals surface area contributed by atoms with E-state index >= 15 is 0 Å². The number of rotatable bonds is 17. The van der Waals surface area contributed by atoms with Gasteiger partial charge in [0.15, 0.2) is 5.81 Å². The van der Waals surface area contributed by atoms with Gasteiger partial charge in [-0.25, -0.2) is 0 Å². The van der Waals surface area contributed by atoms with Crippen LogP contribution in [-0.4, -0.2) is 116 Å². The molecule has 0 unspecified atom stereocenters. The minimum atomic E-state index is -1.03. The lowest BCUT2D eigenvalue weighted by Gasteiger charge is -2.32. The number of carbonyl (C=O) groups is 8. The first-order chi connectivity index (χ1) is 22.5. The third kappa shape index (κ3) is 13.2. The van der Waals surface area contributed by atoms with E-state index in [1.807, 2.05) is 6.07 Å². The standard InChI is InChI=1S/C31H42BN7O8/c32-31(47)38-15-12-22(13-16-38)36-26(42)20-35-30(46)23(17-21-7-3-1-4-8-21)37-27(43)19-34-25(41)18-33-24(40)9-5-2-6-14-39-28(44)10-11-29(39)45/h1,3-4,7-8,22-23H,2,5-6,9-20H2,(H,33,40)(H,34,41)(H,35,46)(H,36,42)(H,37,43)/t23-/m0/s1.